The zero-order valence-corrected chi connectivity index (χ0v) is 15.9. The van der Waals surface area contributed by atoms with Crippen molar-refractivity contribution in [1.82, 2.24) is 0 Å². The molecule has 0 amide bonds. The van der Waals surface area contributed by atoms with Crippen LogP contribution in [0.3, 0.4) is 0 Å². The second kappa shape index (κ2) is 11.0. The van der Waals surface area contributed by atoms with Gasteiger partial charge >= 0.3 is 5.51 Å². The third kappa shape index (κ3) is 8.97. The number of hydrogen-bond donors (Lipinski definition) is 0. The van der Waals surface area contributed by atoms with E-state index in [0.29, 0.717) is 12.4 Å². The van der Waals surface area contributed by atoms with E-state index in [0.717, 1.165) is 37.3 Å². The van der Waals surface area contributed by atoms with Gasteiger partial charge in [0.1, 0.15) is 12.4 Å². The van der Waals surface area contributed by atoms with Crippen molar-refractivity contribution in [3.05, 3.63) is 59.7 Å². The van der Waals surface area contributed by atoms with E-state index in [1.165, 1.54) is 12.1 Å². The smallest absolute Gasteiger partial charge is 0.446 e. The van der Waals surface area contributed by atoms with Crippen molar-refractivity contribution in [2.45, 2.75) is 30.4 Å². The van der Waals surface area contributed by atoms with Gasteiger partial charge in [-0.15, -0.1) is 0 Å². The highest BCUT2D eigenvalue weighted by Gasteiger charge is 2.28. The summed E-state index contributed by atoms with van der Waals surface area (Å²) < 4.78 is 47.9. The van der Waals surface area contributed by atoms with Crippen LogP contribution in [0.5, 0.6) is 5.75 Å². The molecule has 0 aliphatic heterocycles. The molecule has 0 heterocycles. The molecule has 0 fully saturated rings. The summed E-state index contributed by atoms with van der Waals surface area (Å²) in [7, 11) is 0. The van der Waals surface area contributed by atoms with Gasteiger partial charge in [-0.05, 0) is 72.6 Å². The highest BCUT2D eigenvalue weighted by molar-refractivity contribution is 8.00. The van der Waals surface area contributed by atoms with E-state index in [2.05, 4.69) is 4.99 Å². The Morgan fingerprint density at radius 2 is 1.74 bits per heavy atom. The zero-order valence-electron chi connectivity index (χ0n) is 15.0. The lowest BCUT2D eigenvalue weighted by atomic mass is 10.2. The van der Waals surface area contributed by atoms with Crippen molar-refractivity contribution in [3.8, 4) is 5.75 Å². The lowest BCUT2D eigenvalue weighted by molar-refractivity contribution is -0.0328. The summed E-state index contributed by atoms with van der Waals surface area (Å²) >= 11 is -0.123. The Morgan fingerprint density at radius 1 is 1.04 bits per heavy atom. The fourth-order valence-electron chi connectivity index (χ4n) is 2.18. The Bertz CT molecular complexity index is 701. The maximum Gasteiger partial charge on any atom is 0.446 e. The summed E-state index contributed by atoms with van der Waals surface area (Å²) in [4.78, 5) is 4.51. The monoisotopic (exact) mass is 397 g/mol. The van der Waals surface area contributed by atoms with Crippen LogP contribution in [-0.2, 0) is 11.3 Å². The summed E-state index contributed by atoms with van der Waals surface area (Å²) in [6.07, 6.45) is 2.71. The second-order valence-electron chi connectivity index (χ2n) is 5.64. The van der Waals surface area contributed by atoms with Gasteiger partial charge in [0.15, 0.2) is 0 Å². The van der Waals surface area contributed by atoms with Crippen LogP contribution in [0.2, 0.25) is 0 Å². The lowest BCUT2D eigenvalue weighted by Crippen LogP contribution is -1.99. The fourth-order valence-corrected chi connectivity index (χ4v) is 2.72. The first-order valence-corrected chi connectivity index (χ1v) is 9.43. The van der Waals surface area contributed by atoms with Gasteiger partial charge in [0.25, 0.3) is 0 Å². The van der Waals surface area contributed by atoms with Gasteiger partial charge in [-0.25, -0.2) is 0 Å². The molecule has 2 rings (SSSR count). The minimum absolute atomic E-state index is 0.123. The molecule has 0 atom stereocenters. The average molecular weight is 397 g/mol. The molecule has 146 valence electrons. The van der Waals surface area contributed by atoms with E-state index in [4.69, 9.17) is 9.47 Å². The average Bonchev–Trinajstić information content (AvgIpc) is 2.64. The SMILES string of the molecule is CCOCCC/N=C/c1ccc(OCc2ccc(SC(F)(F)F)cc2)cc1. The Kier molecular flexibility index (Phi) is 8.67. The number of halogens is 3. The van der Waals surface area contributed by atoms with Crippen molar-refractivity contribution in [3.63, 3.8) is 0 Å². The first kappa shape index (κ1) is 21.3. The van der Waals surface area contributed by atoms with Gasteiger partial charge < -0.3 is 9.47 Å². The molecule has 0 aromatic heterocycles. The van der Waals surface area contributed by atoms with Crippen LogP contribution in [-0.4, -0.2) is 31.5 Å². The van der Waals surface area contributed by atoms with Gasteiger partial charge in [-0.2, -0.15) is 13.2 Å². The molecule has 0 N–H and O–H groups in total. The van der Waals surface area contributed by atoms with Crippen LogP contribution in [0.15, 0.2) is 58.4 Å². The largest absolute Gasteiger partial charge is 0.489 e. The molecule has 0 spiro atoms. The Morgan fingerprint density at radius 3 is 2.37 bits per heavy atom. The molecule has 0 radical (unpaired) electrons. The molecule has 7 heteroatoms. The predicted molar refractivity (Wildman–Crippen MR) is 103 cm³/mol. The number of aliphatic imine (C=N–C) groups is 1. The van der Waals surface area contributed by atoms with Gasteiger partial charge in [0.2, 0.25) is 0 Å². The first-order valence-electron chi connectivity index (χ1n) is 8.61. The lowest BCUT2D eigenvalue weighted by Gasteiger charge is -2.08. The molecule has 0 saturated heterocycles. The van der Waals surface area contributed by atoms with E-state index in [1.54, 1.807) is 12.1 Å². The van der Waals surface area contributed by atoms with E-state index in [-0.39, 0.29) is 16.7 Å². The number of thioether (sulfide) groups is 1. The standard InChI is InChI=1S/C20H22F3NO2S/c1-2-25-13-3-12-24-14-16-4-8-18(9-5-16)26-15-17-6-10-19(11-7-17)27-20(21,22)23/h4-11,14H,2-3,12-13,15H2,1H3/b24-14+. The molecule has 0 unspecified atom stereocenters. The van der Waals surface area contributed by atoms with E-state index in [9.17, 15) is 13.2 Å². The van der Waals surface area contributed by atoms with Crippen LogP contribution < -0.4 is 4.74 Å². The number of alkyl halides is 3. The summed E-state index contributed by atoms with van der Waals surface area (Å²) in [5, 5.41) is 0. The Labute approximate surface area is 161 Å². The maximum absolute atomic E-state index is 12.3. The van der Waals surface area contributed by atoms with Crippen LogP contribution in [0.25, 0.3) is 0 Å². The normalized spacial score (nSPS) is 11.9. The molecule has 2 aromatic rings. The molecular formula is C20H22F3NO2S. The molecule has 2 aromatic carbocycles. The van der Waals surface area contributed by atoms with Crippen molar-refractivity contribution in [1.29, 1.82) is 0 Å². The molecule has 0 saturated carbocycles. The third-order valence-corrected chi connectivity index (χ3v) is 4.20. The number of benzene rings is 2. The maximum atomic E-state index is 12.3. The molecule has 27 heavy (non-hydrogen) atoms. The topological polar surface area (TPSA) is 30.8 Å². The highest BCUT2D eigenvalue weighted by atomic mass is 32.2. The van der Waals surface area contributed by atoms with Gasteiger partial charge in [0.05, 0.1) is 0 Å². The van der Waals surface area contributed by atoms with Crippen LogP contribution in [0.1, 0.15) is 24.5 Å². The minimum Gasteiger partial charge on any atom is -0.489 e. The van der Waals surface area contributed by atoms with Crippen LogP contribution in [0, 0.1) is 0 Å². The summed E-state index contributed by atoms with van der Waals surface area (Å²) in [5.74, 6) is 0.692. The van der Waals surface area contributed by atoms with Gasteiger partial charge in [-0.1, -0.05) is 12.1 Å². The van der Waals surface area contributed by atoms with Crippen molar-refractivity contribution >= 4 is 18.0 Å². The van der Waals surface area contributed by atoms with Crippen molar-refractivity contribution in [2.24, 2.45) is 4.99 Å². The zero-order chi connectivity index (χ0) is 19.5. The Balaban J connectivity index is 1.77. The quantitative estimate of drug-likeness (QED) is 0.292. The summed E-state index contributed by atoms with van der Waals surface area (Å²) in [5.41, 5.74) is -2.49. The van der Waals surface area contributed by atoms with Crippen LogP contribution >= 0.6 is 11.8 Å². The molecular weight excluding hydrogens is 375 g/mol. The van der Waals surface area contributed by atoms with Crippen molar-refractivity contribution < 1.29 is 22.6 Å². The second-order valence-corrected chi connectivity index (χ2v) is 6.77. The van der Waals surface area contributed by atoms with Crippen molar-refractivity contribution in [2.75, 3.05) is 19.8 Å². The van der Waals surface area contributed by atoms with Gasteiger partial charge in [0, 0.05) is 30.9 Å². The molecule has 3 nitrogen and oxygen atoms in total. The summed E-state index contributed by atoms with van der Waals surface area (Å²) in [6.45, 7) is 4.43. The Hall–Kier alpha value is -1.99. The fraction of sp³-hybridized carbons (Fsp3) is 0.350. The number of rotatable bonds is 10. The third-order valence-electron chi connectivity index (χ3n) is 3.46. The number of ether oxygens (including phenoxy) is 2. The minimum atomic E-state index is -4.27. The van der Waals surface area contributed by atoms with E-state index >= 15 is 0 Å². The predicted octanol–water partition coefficient (Wildman–Crippen LogP) is 5.72. The summed E-state index contributed by atoms with van der Waals surface area (Å²) in [6, 6.07) is 13.7. The number of hydrogen-bond acceptors (Lipinski definition) is 4. The van der Waals surface area contributed by atoms with E-state index in [1.807, 2.05) is 37.4 Å². The highest BCUT2D eigenvalue weighted by Crippen LogP contribution is 2.36. The number of nitrogens with zero attached hydrogens (tertiary/aromatic N) is 1. The van der Waals surface area contributed by atoms with Crippen LogP contribution in [0.4, 0.5) is 13.2 Å². The molecule has 0 aliphatic rings. The van der Waals surface area contributed by atoms with Gasteiger partial charge in [-0.3, -0.25) is 4.99 Å². The first-order chi connectivity index (χ1) is 13.0. The molecule has 0 bridgehead atoms. The molecule has 0 aliphatic carbocycles. The van der Waals surface area contributed by atoms with E-state index < -0.39 is 5.51 Å².